The topological polar surface area (TPSA) is 90.3 Å². The number of aliphatic hydroxyl groups is 1. The predicted molar refractivity (Wildman–Crippen MR) is 87.8 cm³/mol. The first-order valence-corrected chi connectivity index (χ1v) is 7.58. The number of phenolic OH excluding ortho intramolecular Hbond substituents is 1. The van der Waals surface area contributed by atoms with Gasteiger partial charge in [-0.1, -0.05) is 13.8 Å². The molecule has 2 aromatic rings. The van der Waals surface area contributed by atoms with Crippen molar-refractivity contribution in [3.63, 3.8) is 0 Å². The largest absolute Gasteiger partial charge is 0.508 e. The van der Waals surface area contributed by atoms with Crippen LogP contribution < -0.4 is 10.6 Å². The summed E-state index contributed by atoms with van der Waals surface area (Å²) in [5.41, 5.74) is -0.648. The van der Waals surface area contributed by atoms with Crippen LogP contribution in [0.1, 0.15) is 19.5 Å². The van der Waals surface area contributed by atoms with Gasteiger partial charge in [0.15, 0.2) is 5.69 Å². The third kappa shape index (κ3) is 5.21. The predicted octanol–water partition coefficient (Wildman–Crippen LogP) is 3.37. The molecule has 1 aromatic heterocycles. The van der Waals surface area contributed by atoms with Gasteiger partial charge >= 0.3 is 6.18 Å². The molecule has 1 atom stereocenters. The molecule has 0 aliphatic heterocycles. The molecule has 25 heavy (non-hydrogen) atoms. The lowest BCUT2D eigenvalue weighted by Gasteiger charge is -2.21. The van der Waals surface area contributed by atoms with Crippen LogP contribution in [-0.4, -0.2) is 32.8 Å². The zero-order chi connectivity index (χ0) is 18.6. The van der Waals surface area contributed by atoms with E-state index in [-0.39, 0.29) is 30.0 Å². The molecule has 0 bridgehead atoms. The number of nitrogens with zero attached hydrogens (tertiary/aromatic N) is 2. The smallest absolute Gasteiger partial charge is 0.433 e. The fourth-order valence-corrected chi connectivity index (χ4v) is 2.00. The number of hydrogen-bond donors (Lipinski definition) is 4. The number of nitrogens with one attached hydrogen (secondary N) is 2. The van der Waals surface area contributed by atoms with Crippen molar-refractivity contribution in [3.8, 4) is 5.75 Å². The quantitative estimate of drug-likeness (QED) is 0.594. The molecule has 2 rings (SSSR count). The second kappa shape index (κ2) is 7.56. The van der Waals surface area contributed by atoms with Crippen LogP contribution in [0.15, 0.2) is 30.3 Å². The summed E-state index contributed by atoms with van der Waals surface area (Å²) in [6, 6.07) is 6.11. The molecular weight excluding hydrogens is 337 g/mol. The van der Waals surface area contributed by atoms with E-state index in [0.717, 1.165) is 6.07 Å². The Kier molecular flexibility index (Phi) is 5.68. The zero-order valence-corrected chi connectivity index (χ0v) is 13.7. The van der Waals surface area contributed by atoms with Gasteiger partial charge in [-0.2, -0.15) is 18.2 Å². The fraction of sp³-hybridized carbons (Fsp3) is 0.375. The molecule has 1 heterocycles. The van der Waals surface area contributed by atoms with Gasteiger partial charge < -0.3 is 20.8 Å². The molecule has 9 heteroatoms. The van der Waals surface area contributed by atoms with E-state index in [2.05, 4.69) is 20.6 Å². The van der Waals surface area contributed by atoms with E-state index in [4.69, 9.17) is 0 Å². The van der Waals surface area contributed by atoms with Crippen LogP contribution >= 0.6 is 0 Å². The highest BCUT2D eigenvalue weighted by Crippen LogP contribution is 2.31. The van der Waals surface area contributed by atoms with Gasteiger partial charge in [0.05, 0.1) is 12.6 Å². The minimum Gasteiger partial charge on any atom is -0.508 e. The maximum atomic E-state index is 13.1. The number of aliphatic hydroxyl groups excluding tert-OH is 1. The van der Waals surface area contributed by atoms with Gasteiger partial charge in [-0.05, 0) is 30.2 Å². The highest BCUT2D eigenvalue weighted by Gasteiger charge is 2.34. The SMILES string of the molecule is CC(C)[C@@H](CO)Nc1nc(Nc2ccc(O)cc2)cc(C(F)(F)F)n1. The van der Waals surface area contributed by atoms with E-state index in [0.29, 0.717) is 5.69 Å². The number of anilines is 3. The maximum absolute atomic E-state index is 13.1. The number of hydrogen-bond acceptors (Lipinski definition) is 6. The van der Waals surface area contributed by atoms with Gasteiger partial charge in [0.1, 0.15) is 11.6 Å². The summed E-state index contributed by atoms with van der Waals surface area (Å²) in [4.78, 5) is 7.52. The first kappa shape index (κ1) is 18.8. The van der Waals surface area contributed by atoms with Crippen molar-refractivity contribution >= 4 is 17.5 Å². The number of phenols is 1. The Morgan fingerprint density at radius 3 is 2.28 bits per heavy atom. The highest BCUT2D eigenvalue weighted by atomic mass is 19.4. The molecule has 0 spiro atoms. The fourth-order valence-electron chi connectivity index (χ4n) is 2.00. The van der Waals surface area contributed by atoms with Crippen LogP contribution in [0.4, 0.5) is 30.6 Å². The molecule has 0 fully saturated rings. The highest BCUT2D eigenvalue weighted by molar-refractivity contribution is 5.58. The first-order valence-electron chi connectivity index (χ1n) is 7.58. The second-order valence-corrected chi connectivity index (χ2v) is 5.81. The van der Waals surface area contributed by atoms with Gasteiger partial charge in [-0.3, -0.25) is 0 Å². The van der Waals surface area contributed by atoms with E-state index in [1.165, 1.54) is 24.3 Å². The van der Waals surface area contributed by atoms with Gasteiger partial charge in [0.2, 0.25) is 5.95 Å². The lowest BCUT2D eigenvalue weighted by atomic mass is 10.1. The van der Waals surface area contributed by atoms with Gasteiger partial charge in [-0.25, -0.2) is 4.98 Å². The summed E-state index contributed by atoms with van der Waals surface area (Å²) in [6.07, 6.45) is -4.64. The molecule has 4 N–H and O–H groups in total. The van der Waals surface area contributed by atoms with Gasteiger partial charge in [0, 0.05) is 11.8 Å². The Morgan fingerprint density at radius 1 is 1.12 bits per heavy atom. The van der Waals surface area contributed by atoms with Gasteiger partial charge in [-0.15, -0.1) is 0 Å². The van der Waals surface area contributed by atoms with Gasteiger partial charge in [0.25, 0.3) is 0 Å². The van der Waals surface area contributed by atoms with Crippen LogP contribution in [0, 0.1) is 5.92 Å². The van der Waals surface area contributed by atoms with Crippen LogP contribution in [-0.2, 0) is 6.18 Å². The normalized spacial score (nSPS) is 12.9. The Labute approximate surface area is 142 Å². The number of aromatic hydroxyl groups is 1. The van der Waals surface area contributed by atoms with Crippen molar-refractivity contribution in [3.05, 3.63) is 36.0 Å². The summed E-state index contributed by atoms with van der Waals surface area (Å²) in [7, 11) is 0. The van der Waals surface area contributed by atoms with Crippen LogP contribution in [0.25, 0.3) is 0 Å². The van der Waals surface area contributed by atoms with Crippen molar-refractivity contribution in [1.82, 2.24) is 9.97 Å². The molecule has 0 unspecified atom stereocenters. The summed E-state index contributed by atoms with van der Waals surface area (Å²) >= 11 is 0. The van der Waals surface area contributed by atoms with E-state index >= 15 is 0 Å². The minimum atomic E-state index is -4.64. The van der Waals surface area contributed by atoms with E-state index in [1.54, 1.807) is 0 Å². The molecular formula is C16H19F3N4O2. The minimum absolute atomic E-state index is 0.0309. The molecule has 0 amide bonds. The van der Waals surface area contributed by atoms with Crippen LogP contribution in [0.5, 0.6) is 5.75 Å². The average molecular weight is 356 g/mol. The summed E-state index contributed by atoms with van der Waals surface area (Å²) in [5.74, 6) is -0.286. The molecule has 0 saturated carbocycles. The summed E-state index contributed by atoms with van der Waals surface area (Å²) < 4.78 is 39.3. The van der Waals surface area contributed by atoms with Crippen molar-refractivity contribution < 1.29 is 23.4 Å². The van der Waals surface area contributed by atoms with E-state index in [9.17, 15) is 23.4 Å². The van der Waals surface area contributed by atoms with Crippen molar-refractivity contribution in [2.24, 2.45) is 5.92 Å². The Bertz CT molecular complexity index is 706. The summed E-state index contributed by atoms with van der Waals surface area (Å²) in [5, 5.41) is 24.1. The lowest BCUT2D eigenvalue weighted by Crippen LogP contribution is -2.30. The summed E-state index contributed by atoms with van der Waals surface area (Å²) in [6.45, 7) is 3.37. The zero-order valence-electron chi connectivity index (χ0n) is 13.7. The third-order valence-corrected chi connectivity index (χ3v) is 3.47. The molecule has 6 nitrogen and oxygen atoms in total. The molecule has 1 aromatic carbocycles. The second-order valence-electron chi connectivity index (χ2n) is 5.81. The number of aromatic nitrogens is 2. The average Bonchev–Trinajstić information content (AvgIpc) is 2.53. The molecule has 0 aliphatic rings. The van der Waals surface area contributed by atoms with Crippen LogP contribution in [0.2, 0.25) is 0 Å². The lowest BCUT2D eigenvalue weighted by molar-refractivity contribution is -0.141. The molecule has 136 valence electrons. The molecule has 0 aliphatic carbocycles. The van der Waals surface area contributed by atoms with E-state index in [1.807, 2.05) is 13.8 Å². The van der Waals surface area contributed by atoms with Crippen molar-refractivity contribution in [1.29, 1.82) is 0 Å². The number of alkyl halides is 3. The van der Waals surface area contributed by atoms with Crippen molar-refractivity contribution in [2.45, 2.75) is 26.1 Å². The number of halogens is 3. The first-order chi connectivity index (χ1) is 11.7. The standard InChI is InChI=1S/C16H19F3N4O2/c1-9(2)12(8-24)21-15-22-13(16(17,18)19)7-14(23-15)20-10-3-5-11(25)6-4-10/h3-7,9,12,24-25H,8H2,1-2H3,(H2,20,21,22,23)/t12-/m1/s1. The third-order valence-electron chi connectivity index (χ3n) is 3.47. The number of benzene rings is 1. The molecule has 0 radical (unpaired) electrons. The Morgan fingerprint density at radius 2 is 1.76 bits per heavy atom. The number of rotatable bonds is 6. The molecule has 0 saturated heterocycles. The van der Waals surface area contributed by atoms with E-state index < -0.39 is 17.9 Å². The monoisotopic (exact) mass is 356 g/mol. The van der Waals surface area contributed by atoms with Crippen LogP contribution in [0.3, 0.4) is 0 Å². The van der Waals surface area contributed by atoms with Crippen molar-refractivity contribution in [2.75, 3.05) is 17.2 Å². The Balaban J connectivity index is 2.34. The maximum Gasteiger partial charge on any atom is 0.433 e. The Hall–Kier alpha value is -2.55.